The molecule has 0 saturated carbocycles. The number of Topliss-reactive ketones (excluding diaryl/α,β-unsaturated/α-hetero) is 1. The third-order valence-corrected chi connectivity index (χ3v) is 6.22. The van der Waals surface area contributed by atoms with Gasteiger partial charge in [-0.1, -0.05) is 17.7 Å². The number of hydrogen-bond acceptors (Lipinski definition) is 7. The number of rotatable bonds is 9. The summed E-state index contributed by atoms with van der Waals surface area (Å²) in [5.74, 6) is 2.00. The summed E-state index contributed by atoms with van der Waals surface area (Å²) in [7, 11) is 6.71. The van der Waals surface area contributed by atoms with Crippen LogP contribution in [-0.4, -0.2) is 50.6 Å². The number of hydrogen-bond donors (Lipinski definition) is 0. The number of thiazole rings is 1. The van der Waals surface area contributed by atoms with Crippen molar-refractivity contribution >= 4 is 28.7 Å². The summed E-state index contributed by atoms with van der Waals surface area (Å²) in [5.41, 5.74) is 2.56. The molecule has 0 aliphatic rings. The highest BCUT2D eigenvalue weighted by Crippen LogP contribution is 2.36. The van der Waals surface area contributed by atoms with Crippen LogP contribution >= 0.6 is 22.9 Å². The van der Waals surface area contributed by atoms with Gasteiger partial charge in [0, 0.05) is 11.6 Å². The van der Waals surface area contributed by atoms with Gasteiger partial charge in [-0.3, -0.25) is 9.69 Å². The predicted octanol–water partition coefficient (Wildman–Crippen LogP) is 5.11. The fourth-order valence-electron chi connectivity index (χ4n) is 3.28. The lowest BCUT2D eigenvalue weighted by Gasteiger charge is -2.17. The average Bonchev–Trinajstić information content (AvgIpc) is 3.14. The Labute approximate surface area is 191 Å². The molecular formula is C23H25ClN2O4S. The second kappa shape index (κ2) is 10.1. The van der Waals surface area contributed by atoms with E-state index in [1.807, 2.05) is 43.1 Å². The molecule has 0 aliphatic heterocycles. The highest BCUT2D eigenvalue weighted by molar-refractivity contribution is 7.17. The fraction of sp³-hybridized carbons (Fsp3) is 0.304. The van der Waals surface area contributed by atoms with Crippen molar-refractivity contribution in [1.82, 2.24) is 9.88 Å². The molecule has 31 heavy (non-hydrogen) atoms. The topological polar surface area (TPSA) is 60.9 Å². The van der Waals surface area contributed by atoms with Gasteiger partial charge in [0.15, 0.2) is 17.3 Å². The third-order valence-electron chi connectivity index (χ3n) is 4.76. The van der Waals surface area contributed by atoms with Crippen molar-refractivity contribution in [1.29, 1.82) is 0 Å². The smallest absolute Gasteiger partial charge is 0.188 e. The number of aromatic nitrogens is 1. The quantitative estimate of drug-likeness (QED) is 0.413. The maximum absolute atomic E-state index is 13.0. The molecule has 0 atom stereocenters. The van der Waals surface area contributed by atoms with Crippen molar-refractivity contribution in [3.63, 3.8) is 0 Å². The second-order valence-electron chi connectivity index (χ2n) is 7.06. The Hall–Kier alpha value is -2.61. The van der Waals surface area contributed by atoms with Gasteiger partial charge in [-0.05, 0) is 49.9 Å². The van der Waals surface area contributed by atoms with Crippen LogP contribution in [0.2, 0.25) is 5.02 Å². The molecule has 2 aromatic carbocycles. The number of halogens is 1. The van der Waals surface area contributed by atoms with E-state index in [9.17, 15) is 4.79 Å². The van der Waals surface area contributed by atoms with Crippen LogP contribution in [0.25, 0.3) is 10.6 Å². The maximum atomic E-state index is 13.0. The van der Waals surface area contributed by atoms with E-state index in [1.54, 1.807) is 33.5 Å². The number of aryl methyl sites for hydroxylation is 1. The molecule has 1 heterocycles. The number of ether oxygens (including phenoxy) is 3. The van der Waals surface area contributed by atoms with Crippen LogP contribution < -0.4 is 14.2 Å². The lowest BCUT2D eigenvalue weighted by molar-refractivity contribution is 0.0946. The Morgan fingerprint density at radius 1 is 1.03 bits per heavy atom. The van der Waals surface area contributed by atoms with E-state index in [0.717, 1.165) is 16.1 Å². The minimum atomic E-state index is 0.0251. The lowest BCUT2D eigenvalue weighted by Crippen LogP contribution is -2.25. The second-order valence-corrected chi connectivity index (χ2v) is 8.50. The standard InChI is InChI=1S/C23H25ClN2O4S/c1-14-22(31-23(25-14)17-8-7-16(24)11-20(17)29-4)18(27)13-26(2)12-15-6-9-19(28-3)21(10-15)30-5/h6-11H,12-13H2,1-5H3. The SMILES string of the molecule is COc1ccc(CN(C)CC(=O)c2sc(-c3ccc(Cl)cc3OC)nc2C)cc1OC. The first kappa shape index (κ1) is 23.1. The van der Waals surface area contributed by atoms with Gasteiger partial charge >= 0.3 is 0 Å². The predicted molar refractivity (Wildman–Crippen MR) is 124 cm³/mol. The molecule has 1 aromatic heterocycles. The number of benzene rings is 2. The zero-order valence-corrected chi connectivity index (χ0v) is 19.8. The average molecular weight is 461 g/mol. The van der Waals surface area contributed by atoms with Gasteiger partial charge in [-0.25, -0.2) is 4.98 Å². The highest BCUT2D eigenvalue weighted by atomic mass is 35.5. The number of ketones is 1. The van der Waals surface area contributed by atoms with E-state index < -0.39 is 0 Å². The van der Waals surface area contributed by atoms with Gasteiger partial charge in [-0.15, -0.1) is 11.3 Å². The first-order chi connectivity index (χ1) is 14.9. The molecule has 164 valence electrons. The molecule has 0 fully saturated rings. The molecule has 0 amide bonds. The van der Waals surface area contributed by atoms with Crippen molar-refractivity contribution < 1.29 is 19.0 Å². The monoisotopic (exact) mass is 460 g/mol. The van der Waals surface area contributed by atoms with Crippen LogP contribution in [0.4, 0.5) is 0 Å². The molecule has 0 bridgehead atoms. The number of carbonyl (C=O) groups excluding carboxylic acids is 1. The van der Waals surface area contributed by atoms with Gasteiger partial charge in [-0.2, -0.15) is 0 Å². The Kier molecular flexibility index (Phi) is 7.54. The van der Waals surface area contributed by atoms with Gasteiger partial charge in [0.2, 0.25) is 0 Å². The van der Waals surface area contributed by atoms with Crippen LogP contribution in [0.1, 0.15) is 20.9 Å². The summed E-state index contributed by atoms with van der Waals surface area (Å²) < 4.78 is 16.1. The summed E-state index contributed by atoms with van der Waals surface area (Å²) in [4.78, 5) is 20.2. The van der Waals surface area contributed by atoms with Crippen LogP contribution in [0.5, 0.6) is 17.2 Å². The minimum absolute atomic E-state index is 0.0251. The van der Waals surface area contributed by atoms with Crippen molar-refractivity contribution in [2.45, 2.75) is 13.5 Å². The molecule has 3 aromatic rings. The summed E-state index contributed by atoms with van der Waals surface area (Å²) in [6.45, 7) is 2.72. The Bertz CT molecular complexity index is 1080. The van der Waals surface area contributed by atoms with Crippen molar-refractivity contribution in [2.75, 3.05) is 34.9 Å². The van der Waals surface area contributed by atoms with Crippen LogP contribution in [0.3, 0.4) is 0 Å². The first-order valence-electron chi connectivity index (χ1n) is 9.60. The number of nitrogens with zero attached hydrogens (tertiary/aromatic N) is 2. The van der Waals surface area contributed by atoms with Crippen LogP contribution in [0.15, 0.2) is 36.4 Å². The van der Waals surface area contributed by atoms with E-state index in [1.165, 1.54) is 11.3 Å². The molecule has 0 unspecified atom stereocenters. The van der Waals surface area contributed by atoms with Crippen LogP contribution in [-0.2, 0) is 6.54 Å². The number of likely N-dealkylation sites (N-methyl/N-ethyl adjacent to an activating group) is 1. The molecular weight excluding hydrogens is 436 g/mol. The summed E-state index contributed by atoms with van der Waals surface area (Å²) >= 11 is 7.43. The van der Waals surface area contributed by atoms with E-state index in [0.29, 0.717) is 39.4 Å². The molecule has 3 rings (SSSR count). The summed E-state index contributed by atoms with van der Waals surface area (Å²) in [6.07, 6.45) is 0. The molecule has 0 radical (unpaired) electrons. The van der Waals surface area contributed by atoms with Gasteiger partial charge in [0.05, 0.1) is 44.0 Å². The summed E-state index contributed by atoms with van der Waals surface area (Å²) in [5, 5.41) is 1.32. The zero-order chi connectivity index (χ0) is 22.5. The number of carbonyl (C=O) groups is 1. The minimum Gasteiger partial charge on any atom is -0.496 e. The van der Waals surface area contributed by atoms with Gasteiger partial charge in [0.1, 0.15) is 10.8 Å². The Morgan fingerprint density at radius 3 is 2.42 bits per heavy atom. The lowest BCUT2D eigenvalue weighted by atomic mass is 10.2. The normalized spacial score (nSPS) is 10.9. The van der Waals surface area contributed by atoms with E-state index in [-0.39, 0.29) is 12.3 Å². The number of methoxy groups -OCH3 is 3. The van der Waals surface area contributed by atoms with Crippen molar-refractivity contribution in [3.8, 4) is 27.8 Å². The molecule has 6 nitrogen and oxygen atoms in total. The molecule has 0 saturated heterocycles. The Balaban J connectivity index is 1.74. The third kappa shape index (κ3) is 5.36. The van der Waals surface area contributed by atoms with Crippen molar-refractivity contribution in [3.05, 3.63) is 57.6 Å². The zero-order valence-electron chi connectivity index (χ0n) is 18.2. The molecule has 0 aliphatic carbocycles. The van der Waals surface area contributed by atoms with E-state index in [2.05, 4.69) is 4.98 Å². The largest absolute Gasteiger partial charge is 0.496 e. The maximum Gasteiger partial charge on any atom is 0.188 e. The van der Waals surface area contributed by atoms with E-state index in [4.69, 9.17) is 25.8 Å². The first-order valence-corrected chi connectivity index (χ1v) is 10.8. The van der Waals surface area contributed by atoms with Gasteiger partial charge < -0.3 is 14.2 Å². The molecule has 0 N–H and O–H groups in total. The summed E-state index contributed by atoms with van der Waals surface area (Å²) in [6, 6.07) is 11.1. The Morgan fingerprint density at radius 2 is 1.74 bits per heavy atom. The fourth-order valence-corrected chi connectivity index (χ4v) is 4.46. The van der Waals surface area contributed by atoms with Gasteiger partial charge in [0.25, 0.3) is 0 Å². The van der Waals surface area contributed by atoms with Crippen LogP contribution in [0, 0.1) is 6.92 Å². The van der Waals surface area contributed by atoms with Crippen molar-refractivity contribution in [2.24, 2.45) is 0 Å². The van der Waals surface area contributed by atoms with E-state index >= 15 is 0 Å². The molecule has 0 spiro atoms. The highest BCUT2D eigenvalue weighted by Gasteiger charge is 2.20. The molecule has 8 heteroatoms.